The van der Waals surface area contributed by atoms with Gasteiger partial charge in [-0.05, 0) is 26.1 Å². The maximum atomic E-state index is 13.7. The average molecular weight is 276 g/mol. The first-order valence-corrected chi connectivity index (χ1v) is 6.85. The fraction of sp³-hybridized carbons (Fsp3) is 0.375. The Hall–Kier alpha value is -1.65. The Labute approximate surface area is 119 Å². The van der Waals surface area contributed by atoms with Crippen LogP contribution in [0.4, 0.5) is 4.39 Å². The second-order valence-corrected chi connectivity index (χ2v) is 4.99. The highest BCUT2D eigenvalue weighted by Crippen LogP contribution is 2.20. The molecule has 0 aliphatic rings. The standard InChI is InChI=1S/C16H21FN2O/c1-13(15-5-3-4-6-16(15)17)19(2)9-8-18-11-14-7-10-20-12-14/h3-7,10,12-13,18H,8-9,11H2,1-2H3. The highest BCUT2D eigenvalue weighted by atomic mass is 19.1. The zero-order valence-electron chi connectivity index (χ0n) is 12.0. The van der Waals surface area contributed by atoms with Gasteiger partial charge in [-0.25, -0.2) is 4.39 Å². The SMILES string of the molecule is CC(c1ccccc1F)N(C)CCNCc1ccoc1. The highest BCUT2D eigenvalue weighted by Gasteiger charge is 2.14. The van der Waals surface area contributed by atoms with Gasteiger partial charge in [0, 0.05) is 36.8 Å². The van der Waals surface area contributed by atoms with E-state index in [9.17, 15) is 4.39 Å². The summed E-state index contributed by atoms with van der Waals surface area (Å²) in [5, 5.41) is 3.34. The molecule has 1 unspecified atom stereocenters. The van der Waals surface area contributed by atoms with Crippen LogP contribution >= 0.6 is 0 Å². The van der Waals surface area contributed by atoms with Crippen LogP contribution in [0.25, 0.3) is 0 Å². The van der Waals surface area contributed by atoms with E-state index in [4.69, 9.17) is 4.42 Å². The van der Waals surface area contributed by atoms with Crippen molar-refractivity contribution in [3.8, 4) is 0 Å². The predicted octanol–water partition coefficient (Wildman–Crippen LogP) is 3.20. The van der Waals surface area contributed by atoms with Crippen LogP contribution in [0.5, 0.6) is 0 Å². The third-order valence-electron chi connectivity index (χ3n) is 3.57. The Morgan fingerprint density at radius 2 is 2.10 bits per heavy atom. The minimum absolute atomic E-state index is 0.0620. The third-order valence-corrected chi connectivity index (χ3v) is 3.57. The van der Waals surface area contributed by atoms with Crippen LogP contribution < -0.4 is 5.32 Å². The number of benzene rings is 1. The second kappa shape index (κ2) is 7.22. The number of hydrogen-bond donors (Lipinski definition) is 1. The van der Waals surface area contributed by atoms with Crippen LogP contribution in [-0.4, -0.2) is 25.0 Å². The van der Waals surface area contributed by atoms with E-state index in [1.165, 1.54) is 6.07 Å². The number of nitrogens with zero attached hydrogens (tertiary/aromatic N) is 1. The summed E-state index contributed by atoms with van der Waals surface area (Å²) in [5.41, 5.74) is 1.87. The van der Waals surface area contributed by atoms with Crippen LogP contribution in [-0.2, 0) is 6.54 Å². The Balaban J connectivity index is 1.77. The molecule has 0 aliphatic heterocycles. The summed E-state index contributed by atoms with van der Waals surface area (Å²) in [6.07, 6.45) is 3.40. The maximum absolute atomic E-state index is 13.7. The van der Waals surface area contributed by atoms with Crippen molar-refractivity contribution in [2.24, 2.45) is 0 Å². The van der Waals surface area contributed by atoms with Crippen molar-refractivity contribution in [2.75, 3.05) is 20.1 Å². The normalized spacial score (nSPS) is 12.8. The summed E-state index contributed by atoms with van der Waals surface area (Å²) < 4.78 is 18.7. The van der Waals surface area contributed by atoms with Crippen molar-refractivity contribution in [2.45, 2.75) is 19.5 Å². The molecule has 0 amide bonds. The smallest absolute Gasteiger partial charge is 0.127 e. The van der Waals surface area contributed by atoms with E-state index in [0.29, 0.717) is 0 Å². The van der Waals surface area contributed by atoms with E-state index in [0.717, 1.165) is 30.8 Å². The Morgan fingerprint density at radius 3 is 2.80 bits per heavy atom. The summed E-state index contributed by atoms with van der Waals surface area (Å²) in [5.74, 6) is -0.141. The lowest BCUT2D eigenvalue weighted by Crippen LogP contribution is -2.31. The molecular formula is C16H21FN2O. The van der Waals surface area contributed by atoms with Crippen molar-refractivity contribution in [1.29, 1.82) is 0 Å². The van der Waals surface area contributed by atoms with Gasteiger partial charge in [-0.3, -0.25) is 4.90 Å². The number of furan rings is 1. The molecule has 1 heterocycles. The van der Waals surface area contributed by atoms with Crippen molar-refractivity contribution >= 4 is 0 Å². The molecule has 2 rings (SSSR count). The maximum Gasteiger partial charge on any atom is 0.127 e. The molecule has 1 aromatic heterocycles. The average Bonchev–Trinajstić information content (AvgIpc) is 2.96. The van der Waals surface area contributed by atoms with Gasteiger partial charge in [-0.15, -0.1) is 0 Å². The molecule has 3 nitrogen and oxygen atoms in total. The van der Waals surface area contributed by atoms with E-state index in [1.54, 1.807) is 18.6 Å². The Morgan fingerprint density at radius 1 is 1.30 bits per heavy atom. The van der Waals surface area contributed by atoms with Crippen LogP contribution in [0.1, 0.15) is 24.1 Å². The van der Waals surface area contributed by atoms with Crippen molar-refractivity contribution in [1.82, 2.24) is 10.2 Å². The third kappa shape index (κ3) is 3.92. The molecule has 108 valence electrons. The largest absolute Gasteiger partial charge is 0.472 e. The van der Waals surface area contributed by atoms with E-state index in [2.05, 4.69) is 10.2 Å². The summed E-state index contributed by atoms with van der Waals surface area (Å²) in [6, 6.07) is 8.95. The van der Waals surface area contributed by atoms with Gasteiger partial charge in [0.2, 0.25) is 0 Å². The molecule has 1 aromatic carbocycles. The summed E-state index contributed by atoms with van der Waals surface area (Å²) in [6.45, 7) is 4.51. The minimum atomic E-state index is -0.141. The van der Waals surface area contributed by atoms with Gasteiger partial charge in [-0.2, -0.15) is 0 Å². The van der Waals surface area contributed by atoms with E-state index in [1.807, 2.05) is 32.2 Å². The van der Waals surface area contributed by atoms with Crippen molar-refractivity contribution < 1.29 is 8.81 Å². The molecule has 0 radical (unpaired) electrons. The summed E-state index contributed by atoms with van der Waals surface area (Å²) in [7, 11) is 2.01. The van der Waals surface area contributed by atoms with Gasteiger partial charge < -0.3 is 9.73 Å². The number of halogens is 1. The van der Waals surface area contributed by atoms with E-state index < -0.39 is 0 Å². The number of likely N-dealkylation sites (N-methyl/N-ethyl adjacent to an activating group) is 1. The molecule has 0 aliphatic carbocycles. The lowest BCUT2D eigenvalue weighted by molar-refractivity contribution is 0.256. The number of rotatable bonds is 7. The number of hydrogen-bond acceptors (Lipinski definition) is 3. The first kappa shape index (κ1) is 14.8. The molecule has 0 bridgehead atoms. The lowest BCUT2D eigenvalue weighted by atomic mass is 10.1. The van der Waals surface area contributed by atoms with Gasteiger partial charge >= 0.3 is 0 Å². The van der Waals surface area contributed by atoms with E-state index >= 15 is 0 Å². The Bertz CT molecular complexity index is 513. The molecule has 2 aromatic rings. The van der Waals surface area contributed by atoms with Gasteiger partial charge in [0.25, 0.3) is 0 Å². The van der Waals surface area contributed by atoms with Crippen LogP contribution in [0.2, 0.25) is 0 Å². The fourth-order valence-corrected chi connectivity index (χ4v) is 2.13. The molecule has 1 atom stereocenters. The highest BCUT2D eigenvalue weighted by molar-refractivity contribution is 5.20. The first-order valence-electron chi connectivity index (χ1n) is 6.85. The Kier molecular flexibility index (Phi) is 5.32. The molecule has 0 saturated heterocycles. The number of nitrogens with one attached hydrogen (secondary N) is 1. The quantitative estimate of drug-likeness (QED) is 0.787. The molecule has 4 heteroatoms. The zero-order chi connectivity index (χ0) is 14.4. The predicted molar refractivity (Wildman–Crippen MR) is 77.9 cm³/mol. The van der Waals surface area contributed by atoms with Gasteiger partial charge in [-0.1, -0.05) is 18.2 Å². The minimum Gasteiger partial charge on any atom is -0.472 e. The lowest BCUT2D eigenvalue weighted by Gasteiger charge is -2.25. The molecule has 0 saturated carbocycles. The van der Waals surface area contributed by atoms with Crippen LogP contribution in [0.15, 0.2) is 47.3 Å². The van der Waals surface area contributed by atoms with Crippen LogP contribution in [0, 0.1) is 5.82 Å². The second-order valence-electron chi connectivity index (χ2n) is 4.99. The summed E-state index contributed by atoms with van der Waals surface area (Å²) in [4.78, 5) is 2.14. The first-order chi connectivity index (χ1) is 9.68. The van der Waals surface area contributed by atoms with E-state index in [-0.39, 0.29) is 11.9 Å². The van der Waals surface area contributed by atoms with Crippen molar-refractivity contribution in [3.63, 3.8) is 0 Å². The monoisotopic (exact) mass is 276 g/mol. The van der Waals surface area contributed by atoms with Gasteiger partial charge in [0.05, 0.1) is 12.5 Å². The van der Waals surface area contributed by atoms with Gasteiger partial charge in [0.1, 0.15) is 5.82 Å². The molecular weight excluding hydrogens is 255 g/mol. The zero-order valence-corrected chi connectivity index (χ0v) is 12.0. The molecule has 1 N–H and O–H groups in total. The van der Waals surface area contributed by atoms with Gasteiger partial charge in [0.15, 0.2) is 0 Å². The molecule has 20 heavy (non-hydrogen) atoms. The van der Waals surface area contributed by atoms with Crippen molar-refractivity contribution in [3.05, 3.63) is 59.8 Å². The summed E-state index contributed by atoms with van der Waals surface area (Å²) >= 11 is 0. The van der Waals surface area contributed by atoms with Crippen LogP contribution in [0.3, 0.4) is 0 Å². The molecule has 0 fully saturated rings. The fourth-order valence-electron chi connectivity index (χ4n) is 2.13. The topological polar surface area (TPSA) is 28.4 Å². The molecule has 0 spiro atoms.